The topological polar surface area (TPSA) is 35.8 Å². The highest BCUT2D eigenvalue weighted by atomic mass is 14.9. The fourth-order valence-corrected chi connectivity index (χ4v) is 2.58. The lowest BCUT2D eigenvalue weighted by Gasteiger charge is -2.25. The van der Waals surface area contributed by atoms with Crippen LogP contribution in [0.3, 0.4) is 0 Å². The lowest BCUT2D eigenvalue weighted by atomic mass is 9.87. The third kappa shape index (κ3) is 3.58. The Bertz CT molecular complexity index is 394. The van der Waals surface area contributed by atoms with Crippen LogP contribution in [0.4, 0.5) is 0 Å². The molecule has 1 N–H and O–H groups in total. The predicted molar refractivity (Wildman–Crippen MR) is 74.0 cm³/mol. The Hall–Kier alpha value is -1.33. The predicted octanol–water partition coefficient (Wildman–Crippen LogP) is 3.42. The number of benzene rings is 1. The van der Waals surface area contributed by atoms with E-state index in [0.717, 1.165) is 38.6 Å². The smallest absolute Gasteiger partial charge is 0.0655 e. The van der Waals surface area contributed by atoms with Crippen LogP contribution in [-0.4, -0.2) is 6.04 Å². The molecule has 0 radical (unpaired) electrons. The van der Waals surface area contributed by atoms with Gasteiger partial charge in [-0.2, -0.15) is 5.26 Å². The van der Waals surface area contributed by atoms with Crippen molar-refractivity contribution in [2.24, 2.45) is 5.92 Å². The largest absolute Gasteiger partial charge is 0.310 e. The lowest BCUT2D eigenvalue weighted by Crippen LogP contribution is -2.32. The van der Waals surface area contributed by atoms with E-state index in [2.05, 4.69) is 42.6 Å². The van der Waals surface area contributed by atoms with Gasteiger partial charge in [-0.15, -0.1) is 0 Å². The zero-order valence-electron chi connectivity index (χ0n) is 11.2. The molecule has 0 atom stereocenters. The van der Waals surface area contributed by atoms with Gasteiger partial charge in [-0.1, -0.05) is 31.2 Å². The molecule has 1 aromatic rings. The van der Waals surface area contributed by atoms with Gasteiger partial charge in [0.1, 0.15) is 0 Å². The fourth-order valence-electron chi connectivity index (χ4n) is 2.58. The van der Waals surface area contributed by atoms with Gasteiger partial charge < -0.3 is 5.32 Å². The van der Waals surface area contributed by atoms with Crippen LogP contribution in [0.25, 0.3) is 0 Å². The maximum absolute atomic E-state index is 8.86. The van der Waals surface area contributed by atoms with Gasteiger partial charge >= 0.3 is 0 Å². The molecule has 18 heavy (non-hydrogen) atoms. The third-order valence-electron chi connectivity index (χ3n) is 3.94. The van der Waals surface area contributed by atoms with Gasteiger partial charge in [-0.3, -0.25) is 0 Å². The van der Waals surface area contributed by atoms with Crippen molar-refractivity contribution in [3.05, 3.63) is 35.4 Å². The van der Waals surface area contributed by atoms with Crippen molar-refractivity contribution in [2.75, 3.05) is 0 Å². The molecule has 0 saturated heterocycles. The number of aryl methyl sites for hydroxylation is 1. The molecular weight excluding hydrogens is 220 g/mol. The molecule has 0 spiro atoms. The zero-order valence-corrected chi connectivity index (χ0v) is 11.2. The van der Waals surface area contributed by atoms with Crippen molar-refractivity contribution >= 4 is 0 Å². The SMILES string of the molecule is CCc1ccc(CNC2CCC(C#N)CC2)cc1. The van der Waals surface area contributed by atoms with Crippen molar-refractivity contribution in [1.82, 2.24) is 5.32 Å². The molecule has 2 heteroatoms. The van der Waals surface area contributed by atoms with Crippen LogP contribution in [0.15, 0.2) is 24.3 Å². The molecule has 0 bridgehead atoms. The summed E-state index contributed by atoms with van der Waals surface area (Å²) < 4.78 is 0. The van der Waals surface area contributed by atoms with E-state index in [1.165, 1.54) is 11.1 Å². The lowest BCUT2D eigenvalue weighted by molar-refractivity contribution is 0.331. The molecular formula is C16H22N2. The second-order valence-corrected chi connectivity index (χ2v) is 5.23. The van der Waals surface area contributed by atoms with E-state index in [1.54, 1.807) is 0 Å². The number of hydrogen-bond donors (Lipinski definition) is 1. The molecule has 0 amide bonds. The van der Waals surface area contributed by atoms with E-state index in [1.807, 2.05) is 0 Å². The van der Waals surface area contributed by atoms with E-state index in [-0.39, 0.29) is 0 Å². The first-order chi connectivity index (χ1) is 8.81. The molecule has 1 aliphatic rings. The number of nitrogens with zero attached hydrogens (tertiary/aromatic N) is 1. The highest BCUT2D eigenvalue weighted by molar-refractivity contribution is 5.22. The summed E-state index contributed by atoms with van der Waals surface area (Å²) >= 11 is 0. The Kier molecular flexibility index (Phi) is 4.78. The van der Waals surface area contributed by atoms with Crippen LogP contribution in [0.2, 0.25) is 0 Å². The zero-order chi connectivity index (χ0) is 12.8. The normalized spacial score (nSPS) is 23.6. The van der Waals surface area contributed by atoms with Crippen molar-refractivity contribution in [3.63, 3.8) is 0 Å². The maximum atomic E-state index is 8.86. The average Bonchev–Trinajstić information content (AvgIpc) is 2.46. The van der Waals surface area contributed by atoms with E-state index >= 15 is 0 Å². The van der Waals surface area contributed by atoms with Gasteiger partial charge in [-0.25, -0.2) is 0 Å². The van der Waals surface area contributed by atoms with Crippen LogP contribution in [0.5, 0.6) is 0 Å². The van der Waals surface area contributed by atoms with E-state index < -0.39 is 0 Å². The monoisotopic (exact) mass is 242 g/mol. The van der Waals surface area contributed by atoms with Crippen molar-refractivity contribution in [3.8, 4) is 6.07 Å². The van der Waals surface area contributed by atoms with E-state index in [4.69, 9.17) is 5.26 Å². The number of hydrogen-bond acceptors (Lipinski definition) is 2. The minimum atomic E-state index is 0.298. The minimum Gasteiger partial charge on any atom is -0.310 e. The maximum Gasteiger partial charge on any atom is 0.0655 e. The summed E-state index contributed by atoms with van der Waals surface area (Å²) in [5.41, 5.74) is 2.75. The molecule has 0 aliphatic heterocycles. The van der Waals surface area contributed by atoms with Crippen LogP contribution < -0.4 is 5.32 Å². The minimum absolute atomic E-state index is 0.298. The molecule has 1 saturated carbocycles. The van der Waals surface area contributed by atoms with E-state index in [0.29, 0.717) is 12.0 Å². The molecule has 2 rings (SSSR count). The Morgan fingerprint density at radius 1 is 1.11 bits per heavy atom. The van der Waals surface area contributed by atoms with Gasteiger partial charge in [-0.05, 0) is 43.2 Å². The highest BCUT2D eigenvalue weighted by Crippen LogP contribution is 2.23. The van der Waals surface area contributed by atoms with Gasteiger partial charge in [0, 0.05) is 18.5 Å². The first kappa shape index (κ1) is 13.1. The van der Waals surface area contributed by atoms with Crippen molar-refractivity contribution < 1.29 is 0 Å². The Morgan fingerprint density at radius 3 is 2.28 bits per heavy atom. The van der Waals surface area contributed by atoms with Gasteiger partial charge in [0.2, 0.25) is 0 Å². The molecule has 1 aliphatic carbocycles. The fraction of sp³-hybridized carbons (Fsp3) is 0.562. The van der Waals surface area contributed by atoms with Crippen LogP contribution >= 0.6 is 0 Å². The van der Waals surface area contributed by atoms with E-state index in [9.17, 15) is 0 Å². The Balaban J connectivity index is 1.76. The summed E-state index contributed by atoms with van der Waals surface area (Å²) in [4.78, 5) is 0. The summed E-state index contributed by atoms with van der Waals surface area (Å²) in [5.74, 6) is 0.298. The number of rotatable bonds is 4. The third-order valence-corrected chi connectivity index (χ3v) is 3.94. The first-order valence-corrected chi connectivity index (χ1v) is 7.02. The first-order valence-electron chi connectivity index (χ1n) is 7.02. The van der Waals surface area contributed by atoms with Crippen LogP contribution in [-0.2, 0) is 13.0 Å². The number of nitriles is 1. The summed E-state index contributed by atoms with van der Waals surface area (Å²) in [7, 11) is 0. The standard InChI is InChI=1S/C16H22N2/c1-2-13-3-5-15(6-4-13)12-18-16-9-7-14(11-17)8-10-16/h3-6,14,16,18H,2,7-10,12H2,1H3. The van der Waals surface area contributed by atoms with Crippen molar-refractivity contribution in [1.29, 1.82) is 5.26 Å². The van der Waals surface area contributed by atoms with Crippen LogP contribution in [0.1, 0.15) is 43.7 Å². The second-order valence-electron chi connectivity index (χ2n) is 5.23. The summed E-state index contributed by atoms with van der Waals surface area (Å²) in [6.07, 6.45) is 5.51. The summed E-state index contributed by atoms with van der Waals surface area (Å²) in [5, 5.41) is 12.5. The Morgan fingerprint density at radius 2 is 1.72 bits per heavy atom. The summed E-state index contributed by atoms with van der Waals surface area (Å²) in [6, 6.07) is 11.8. The van der Waals surface area contributed by atoms with Gasteiger partial charge in [0.25, 0.3) is 0 Å². The molecule has 1 aromatic carbocycles. The quantitative estimate of drug-likeness (QED) is 0.878. The highest BCUT2D eigenvalue weighted by Gasteiger charge is 2.19. The Labute approximate surface area is 110 Å². The molecule has 96 valence electrons. The molecule has 0 unspecified atom stereocenters. The molecule has 2 nitrogen and oxygen atoms in total. The van der Waals surface area contributed by atoms with Gasteiger partial charge in [0.05, 0.1) is 6.07 Å². The van der Waals surface area contributed by atoms with Gasteiger partial charge in [0.15, 0.2) is 0 Å². The number of nitrogens with one attached hydrogen (secondary N) is 1. The average molecular weight is 242 g/mol. The second kappa shape index (κ2) is 6.56. The van der Waals surface area contributed by atoms with Crippen LogP contribution in [0, 0.1) is 17.2 Å². The molecule has 0 heterocycles. The summed E-state index contributed by atoms with van der Waals surface area (Å²) in [6.45, 7) is 3.13. The molecule has 0 aromatic heterocycles. The van der Waals surface area contributed by atoms with Crippen molar-refractivity contribution in [2.45, 2.75) is 51.6 Å². The molecule has 1 fully saturated rings.